The molecule has 4 unspecified atom stereocenters. The predicted molar refractivity (Wildman–Crippen MR) is 76.8 cm³/mol. The van der Waals surface area contributed by atoms with Crippen molar-refractivity contribution in [3.8, 4) is 0 Å². The Kier molecular flexibility index (Phi) is 3.76. The van der Waals surface area contributed by atoms with Crippen LogP contribution in [0.1, 0.15) is 30.9 Å². The summed E-state index contributed by atoms with van der Waals surface area (Å²) in [4.78, 5) is 14.2. The van der Waals surface area contributed by atoms with Gasteiger partial charge in [-0.25, -0.2) is 0 Å². The highest BCUT2D eigenvalue weighted by Gasteiger charge is 2.41. The highest BCUT2D eigenvalue weighted by atomic mass is 16.3. The van der Waals surface area contributed by atoms with Crippen LogP contribution in [0, 0.1) is 11.8 Å². The number of nitrogens with two attached hydrogens (primary N) is 1. The van der Waals surface area contributed by atoms with E-state index in [2.05, 4.69) is 0 Å². The molecule has 4 nitrogen and oxygen atoms in total. The summed E-state index contributed by atoms with van der Waals surface area (Å²) in [6, 6.07) is 9.34. The molecule has 1 aliphatic carbocycles. The van der Waals surface area contributed by atoms with Crippen LogP contribution in [0.4, 0.5) is 0 Å². The molecule has 20 heavy (non-hydrogen) atoms. The highest BCUT2D eigenvalue weighted by Crippen LogP contribution is 2.36. The minimum Gasteiger partial charge on any atom is -0.378 e. The first-order valence-electron chi connectivity index (χ1n) is 7.44. The Bertz CT molecular complexity index is 477. The summed E-state index contributed by atoms with van der Waals surface area (Å²) in [6.45, 7) is 1.45. The van der Waals surface area contributed by atoms with Crippen LogP contribution in [-0.2, 0) is 4.79 Å². The molecule has 0 aromatic heterocycles. The van der Waals surface area contributed by atoms with Gasteiger partial charge in [0.2, 0.25) is 0 Å². The van der Waals surface area contributed by atoms with Gasteiger partial charge in [0.15, 0.2) is 6.10 Å². The number of fused-ring (bicyclic) bond motifs is 1. The zero-order valence-electron chi connectivity index (χ0n) is 11.6. The number of likely N-dealkylation sites (tertiary alicyclic amines) is 1. The molecule has 1 saturated carbocycles. The van der Waals surface area contributed by atoms with E-state index < -0.39 is 6.10 Å². The molecule has 4 heteroatoms. The van der Waals surface area contributed by atoms with Gasteiger partial charge in [-0.05, 0) is 30.2 Å². The maximum atomic E-state index is 12.4. The van der Waals surface area contributed by atoms with E-state index >= 15 is 0 Å². The van der Waals surface area contributed by atoms with Crippen LogP contribution in [-0.4, -0.2) is 35.0 Å². The Morgan fingerprint density at radius 3 is 2.70 bits per heavy atom. The van der Waals surface area contributed by atoms with E-state index in [1.54, 1.807) is 17.0 Å². The summed E-state index contributed by atoms with van der Waals surface area (Å²) < 4.78 is 0. The van der Waals surface area contributed by atoms with Gasteiger partial charge < -0.3 is 15.7 Å². The molecule has 1 aliphatic heterocycles. The molecule has 3 N–H and O–H groups in total. The molecule has 0 bridgehead atoms. The molecule has 0 radical (unpaired) electrons. The molecule has 4 atom stereocenters. The van der Waals surface area contributed by atoms with Gasteiger partial charge in [0.05, 0.1) is 0 Å². The maximum Gasteiger partial charge on any atom is 0.256 e. The number of aliphatic hydroxyl groups excluding tert-OH is 1. The number of hydrogen-bond acceptors (Lipinski definition) is 3. The fraction of sp³-hybridized carbons (Fsp3) is 0.562. The molecule has 1 aromatic carbocycles. The van der Waals surface area contributed by atoms with Crippen LogP contribution >= 0.6 is 0 Å². The van der Waals surface area contributed by atoms with E-state index in [-0.39, 0.29) is 11.9 Å². The average Bonchev–Trinajstić information content (AvgIpc) is 2.92. The van der Waals surface area contributed by atoms with Crippen molar-refractivity contribution in [3.05, 3.63) is 35.9 Å². The number of nitrogens with zero attached hydrogens (tertiary/aromatic N) is 1. The van der Waals surface area contributed by atoms with E-state index in [0.717, 1.165) is 25.8 Å². The van der Waals surface area contributed by atoms with E-state index in [0.29, 0.717) is 23.9 Å². The Labute approximate surface area is 119 Å². The Balaban J connectivity index is 1.69. The number of carbonyl (C=O) groups is 1. The van der Waals surface area contributed by atoms with Gasteiger partial charge in [0, 0.05) is 19.1 Å². The van der Waals surface area contributed by atoms with Crippen LogP contribution in [0.25, 0.3) is 0 Å². The Hall–Kier alpha value is -1.39. The number of carbonyl (C=O) groups excluding carboxylic acids is 1. The lowest BCUT2D eigenvalue weighted by atomic mass is 9.78. The van der Waals surface area contributed by atoms with Gasteiger partial charge >= 0.3 is 0 Å². The van der Waals surface area contributed by atoms with Crippen molar-refractivity contribution < 1.29 is 9.90 Å². The van der Waals surface area contributed by atoms with Crippen molar-refractivity contribution in [3.63, 3.8) is 0 Å². The minimum atomic E-state index is -1.05. The molecule has 3 rings (SSSR count). The molecule has 1 aromatic rings. The number of rotatable bonds is 2. The summed E-state index contributed by atoms with van der Waals surface area (Å²) in [5.74, 6) is 0.749. The molecular weight excluding hydrogens is 252 g/mol. The second kappa shape index (κ2) is 5.54. The summed E-state index contributed by atoms with van der Waals surface area (Å²) in [5.41, 5.74) is 6.83. The largest absolute Gasteiger partial charge is 0.378 e. The summed E-state index contributed by atoms with van der Waals surface area (Å²) >= 11 is 0. The fourth-order valence-corrected chi connectivity index (χ4v) is 3.65. The molecule has 1 amide bonds. The van der Waals surface area contributed by atoms with Gasteiger partial charge in [-0.15, -0.1) is 0 Å². The second-order valence-corrected chi connectivity index (χ2v) is 6.08. The normalized spacial score (nSPS) is 30.9. The van der Waals surface area contributed by atoms with Crippen LogP contribution < -0.4 is 5.73 Å². The van der Waals surface area contributed by atoms with Crippen molar-refractivity contribution in [1.29, 1.82) is 0 Å². The number of benzene rings is 1. The van der Waals surface area contributed by atoms with Crippen molar-refractivity contribution >= 4 is 5.91 Å². The highest BCUT2D eigenvalue weighted by molar-refractivity contribution is 5.82. The maximum absolute atomic E-state index is 12.4. The third kappa shape index (κ3) is 2.45. The summed E-state index contributed by atoms with van der Waals surface area (Å²) in [5, 5.41) is 10.2. The van der Waals surface area contributed by atoms with Crippen LogP contribution in [0.5, 0.6) is 0 Å². The monoisotopic (exact) mass is 274 g/mol. The zero-order chi connectivity index (χ0) is 14.1. The van der Waals surface area contributed by atoms with Gasteiger partial charge in [0.25, 0.3) is 5.91 Å². The lowest BCUT2D eigenvalue weighted by Crippen LogP contribution is -2.39. The van der Waals surface area contributed by atoms with E-state index in [9.17, 15) is 9.90 Å². The van der Waals surface area contributed by atoms with Crippen LogP contribution in [0.15, 0.2) is 30.3 Å². The predicted octanol–water partition coefficient (Wildman–Crippen LogP) is 1.31. The number of amides is 1. The fourth-order valence-electron chi connectivity index (χ4n) is 3.65. The van der Waals surface area contributed by atoms with Gasteiger partial charge in [0.1, 0.15) is 0 Å². The molecule has 1 saturated heterocycles. The third-order valence-corrected chi connectivity index (χ3v) is 4.81. The first-order chi connectivity index (χ1) is 9.66. The molecule has 0 spiro atoms. The van der Waals surface area contributed by atoms with E-state index in [4.69, 9.17) is 5.73 Å². The lowest BCUT2D eigenvalue weighted by Gasteiger charge is -2.29. The average molecular weight is 274 g/mol. The van der Waals surface area contributed by atoms with Crippen molar-refractivity contribution in [2.75, 3.05) is 13.1 Å². The molecular formula is C16H22N2O2. The number of hydrogen-bond donors (Lipinski definition) is 2. The third-order valence-electron chi connectivity index (χ3n) is 4.81. The first-order valence-corrected chi connectivity index (χ1v) is 7.44. The quantitative estimate of drug-likeness (QED) is 0.854. The van der Waals surface area contributed by atoms with Crippen LogP contribution in [0.2, 0.25) is 0 Å². The molecule has 2 fully saturated rings. The summed E-state index contributed by atoms with van der Waals surface area (Å²) in [6.07, 6.45) is 2.33. The van der Waals surface area contributed by atoms with Crippen molar-refractivity contribution in [1.82, 2.24) is 4.90 Å². The van der Waals surface area contributed by atoms with Crippen molar-refractivity contribution in [2.45, 2.75) is 31.4 Å². The molecule has 1 heterocycles. The molecule has 108 valence electrons. The van der Waals surface area contributed by atoms with E-state index in [1.165, 1.54) is 0 Å². The molecule has 2 aliphatic rings. The van der Waals surface area contributed by atoms with Crippen molar-refractivity contribution in [2.24, 2.45) is 17.6 Å². The SMILES string of the molecule is NC1CCCC2CN(C(=O)C(O)c3ccccc3)CC12. The second-order valence-electron chi connectivity index (χ2n) is 6.08. The van der Waals surface area contributed by atoms with Gasteiger partial charge in [-0.2, -0.15) is 0 Å². The van der Waals surface area contributed by atoms with Gasteiger partial charge in [-0.1, -0.05) is 36.8 Å². The minimum absolute atomic E-state index is 0.183. The summed E-state index contributed by atoms with van der Waals surface area (Å²) in [7, 11) is 0. The lowest BCUT2D eigenvalue weighted by molar-refractivity contribution is -0.139. The number of aliphatic hydroxyl groups is 1. The Morgan fingerprint density at radius 2 is 2.00 bits per heavy atom. The zero-order valence-corrected chi connectivity index (χ0v) is 11.6. The smallest absolute Gasteiger partial charge is 0.256 e. The Morgan fingerprint density at radius 1 is 1.25 bits per heavy atom. The standard InChI is InChI=1S/C16H22N2O2/c17-14-8-4-7-12-9-18(10-13(12)14)16(20)15(19)11-5-2-1-3-6-11/h1-3,5-6,12-15,19H,4,7-10,17H2. The van der Waals surface area contributed by atoms with E-state index in [1.807, 2.05) is 18.2 Å². The van der Waals surface area contributed by atoms with Crippen LogP contribution in [0.3, 0.4) is 0 Å². The first kappa shape index (κ1) is 13.6. The topological polar surface area (TPSA) is 66.6 Å². The van der Waals surface area contributed by atoms with Gasteiger partial charge in [-0.3, -0.25) is 4.79 Å².